The summed E-state index contributed by atoms with van der Waals surface area (Å²) in [6.07, 6.45) is 3.48. The van der Waals surface area contributed by atoms with Crippen molar-refractivity contribution < 1.29 is 9.59 Å². The van der Waals surface area contributed by atoms with E-state index in [1.165, 1.54) is 6.20 Å². The molecule has 1 atom stereocenters. The summed E-state index contributed by atoms with van der Waals surface area (Å²) in [4.78, 5) is 30.7. The van der Waals surface area contributed by atoms with Crippen molar-refractivity contribution in [2.45, 2.75) is 32.7 Å². The van der Waals surface area contributed by atoms with Crippen LogP contribution in [0.4, 0.5) is 0 Å². The molecule has 0 bridgehead atoms. The summed E-state index contributed by atoms with van der Waals surface area (Å²) >= 11 is 0. The number of amides is 2. The van der Waals surface area contributed by atoms with Gasteiger partial charge < -0.3 is 10.2 Å². The van der Waals surface area contributed by atoms with Gasteiger partial charge >= 0.3 is 0 Å². The Morgan fingerprint density at radius 2 is 1.92 bits per heavy atom. The minimum absolute atomic E-state index is 0.0963. The maximum absolute atomic E-state index is 12.4. The number of unbranched alkanes of at least 4 members (excludes halogenated alkanes) is 1. The quantitative estimate of drug-likeness (QED) is 0.840. The van der Waals surface area contributed by atoms with Gasteiger partial charge in [-0.2, -0.15) is 0 Å². The van der Waals surface area contributed by atoms with Crippen molar-refractivity contribution in [2.75, 3.05) is 13.6 Å². The molecule has 0 aliphatic carbocycles. The number of aromatic nitrogens is 1. The lowest BCUT2D eigenvalue weighted by molar-refractivity contribution is 0.0793. The third-order valence-corrected chi connectivity index (χ3v) is 4.08. The Bertz CT molecular complexity index is 716. The van der Waals surface area contributed by atoms with Crippen LogP contribution in [0, 0.1) is 0 Å². The number of nitrogens with zero attached hydrogens (tertiary/aromatic N) is 2. The maximum atomic E-state index is 12.4. The summed E-state index contributed by atoms with van der Waals surface area (Å²) < 4.78 is 0. The number of carbonyl (C=O) groups excluding carboxylic acids is 2. The molecule has 1 N–H and O–H groups in total. The normalized spacial score (nSPS) is 11.6. The second kappa shape index (κ2) is 8.97. The summed E-state index contributed by atoms with van der Waals surface area (Å²) in [6, 6.07) is 12.8. The van der Waals surface area contributed by atoms with Crippen LogP contribution in [0.5, 0.6) is 0 Å². The average molecular weight is 339 g/mol. The second-order valence-corrected chi connectivity index (χ2v) is 6.12. The first-order valence-electron chi connectivity index (χ1n) is 8.60. The van der Waals surface area contributed by atoms with Crippen LogP contribution >= 0.6 is 0 Å². The van der Waals surface area contributed by atoms with Gasteiger partial charge in [-0.15, -0.1) is 0 Å². The first kappa shape index (κ1) is 18.6. The second-order valence-electron chi connectivity index (χ2n) is 6.12. The summed E-state index contributed by atoms with van der Waals surface area (Å²) in [5.74, 6) is -0.386. The predicted octanol–water partition coefficient (Wildman–Crippen LogP) is 3.44. The number of rotatable bonds is 7. The zero-order valence-corrected chi connectivity index (χ0v) is 15.0. The van der Waals surface area contributed by atoms with Gasteiger partial charge in [-0.25, -0.2) is 0 Å². The van der Waals surface area contributed by atoms with Crippen LogP contribution in [0.1, 0.15) is 59.1 Å². The fraction of sp³-hybridized carbons (Fsp3) is 0.350. The largest absolute Gasteiger partial charge is 0.344 e. The lowest BCUT2D eigenvalue weighted by atomic mass is 10.1. The van der Waals surface area contributed by atoms with E-state index in [1.54, 1.807) is 24.1 Å². The molecular formula is C20H25N3O2. The molecule has 25 heavy (non-hydrogen) atoms. The summed E-state index contributed by atoms with van der Waals surface area (Å²) in [6.45, 7) is 4.70. The van der Waals surface area contributed by atoms with E-state index in [9.17, 15) is 9.59 Å². The molecule has 0 aliphatic rings. The third-order valence-electron chi connectivity index (χ3n) is 4.08. The monoisotopic (exact) mass is 339 g/mol. The van der Waals surface area contributed by atoms with E-state index in [0.29, 0.717) is 12.1 Å². The minimum Gasteiger partial charge on any atom is -0.344 e. The van der Waals surface area contributed by atoms with Crippen LogP contribution in [0.25, 0.3) is 0 Å². The predicted molar refractivity (Wildman–Crippen MR) is 98.4 cm³/mol. The molecule has 0 spiro atoms. The van der Waals surface area contributed by atoms with Crippen molar-refractivity contribution in [1.82, 2.24) is 15.2 Å². The van der Waals surface area contributed by atoms with Gasteiger partial charge in [0.15, 0.2) is 0 Å². The number of pyridine rings is 1. The number of hydrogen-bond acceptors (Lipinski definition) is 3. The van der Waals surface area contributed by atoms with Gasteiger partial charge in [-0.3, -0.25) is 14.6 Å². The maximum Gasteiger partial charge on any atom is 0.270 e. The highest BCUT2D eigenvalue weighted by Crippen LogP contribution is 2.13. The van der Waals surface area contributed by atoms with Gasteiger partial charge in [0.25, 0.3) is 11.8 Å². The molecule has 5 nitrogen and oxygen atoms in total. The molecule has 0 fully saturated rings. The topological polar surface area (TPSA) is 62.3 Å². The summed E-state index contributed by atoms with van der Waals surface area (Å²) in [5, 5.41) is 2.92. The SMILES string of the molecule is CCCCN(C)C(=O)c1ccnc(C(=O)NC(C)c2ccccc2)c1. The van der Waals surface area contributed by atoms with Crippen molar-refractivity contribution in [3.8, 4) is 0 Å². The Balaban J connectivity index is 2.07. The fourth-order valence-corrected chi connectivity index (χ4v) is 2.50. The van der Waals surface area contributed by atoms with Gasteiger partial charge in [0, 0.05) is 25.4 Å². The van der Waals surface area contributed by atoms with Crippen LogP contribution in [0.15, 0.2) is 48.7 Å². The van der Waals surface area contributed by atoms with Gasteiger partial charge in [0.05, 0.1) is 6.04 Å². The molecule has 2 rings (SSSR count). The number of nitrogens with one attached hydrogen (secondary N) is 1. The molecule has 1 heterocycles. The molecular weight excluding hydrogens is 314 g/mol. The highest BCUT2D eigenvalue weighted by atomic mass is 16.2. The van der Waals surface area contributed by atoms with E-state index in [0.717, 1.165) is 18.4 Å². The average Bonchev–Trinajstić information content (AvgIpc) is 2.66. The van der Waals surface area contributed by atoms with E-state index in [-0.39, 0.29) is 23.6 Å². The van der Waals surface area contributed by atoms with Gasteiger partial charge in [0.2, 0.25) is 0 Å². The summed E-state index contributed by atoms with van der Waals surface area (Å²) in [7, 11) is 1.77. The molecule has 0 aliphatic heterocycles. The van der Waals surface area contributed by atoms with Gasteiger partial charge in [-0.1, -0.05) is 43.7 Å². The lowest BCUT2D eigenvalue weighted by Gasteiger charge is -2.17. The van der Waals surface area contributed by atoms with E-state index in [4.69, 9.17) is 0 Å². The van der Waals surface area contributed by atoms with Crippen LogP contribution in [-0.2, 0) is 0 Å². The van der Waals surface area contributed by atoms with Crippen molar-refractivity contribution in [3.05, 3.63) is 65.5 Å². The van der Waals surface area contributed by atoms with Crippen LogP contribution in [0.3, 0.4) is 0 Å². The fourth-order valence-electron chi connectivity index (χ4n) is 2.50. The lowest BCUT2D eigenvalue weighted by Crippen LogP contribution is -2.29. The molecule has 1 aromatic heterocycles. The Hall–Kier alpha value is -2.69. The molecule has 0 radical (unpaired) electrons. The van der Waals surface area contributed by atoms with E-state index in [1.807, 2.05) is 37.3 Å². The van der Waals surface area contributed by atoms with E-state index in [2.05, 4.69) is 17.2 Å². The Morgan fingerprint density at radius 1 is 1.20 bits per heavy atom. The van der Waals surface area contributed by atoms with E-state index >= 15 is 0 Å². The first-order valence-corrected chi connectivity index (χ1v) is 8.60. The minimum atomic E-state index is -0.290. The van der Waals surface area contributed by atoms with Gasteiger partial charge in [0.1, 0.15) is 5.69 Å². The summed E-state index contributed by atoms with van der Waals surface area (Å²) in [5.41, 5.74) is 1.74. The van der Waals surface area contributed by atoms with E-state index < -0.39 is 0 Å². The van der Waals surface area contributed by atoms with Crippen LogP contribution in [-0.4, -0.2) is 35.3 Å². The third kappa shape index (κ3) is 5.14. The first-order chi connectivity index (χ1) is 12.0. The molecule has 132 valence electrons. The zero-order valence-electron chi connectivity index (χ0n) is 15.0. The number of hydrogen-bond donors (Lipinski definition) is 1. The molecule has 2 amide bonds. The zero-order chi connectivity index (χ0) is 18.2. The Morgan fingerprint density at radius 3 is 2.60 bits per heavy atom. The Labute approximate surface area is 149 Å². The molecule has 1 unspecified atom stereocenters. The van der Waals surface area contributed by atoms with Crippen LogP contribution < -0.4 is 5.32 Å². The van der Waals surface area contributed by atoms with Crippen LogP contribution in [0.2, 0.25) is 0 Å². The molecule has 0 saturated carbocycles. The van der Waals surface area contributed by atoms with Crippen molar-refractivity contribution in [3.63, 3.8) is 0 Å². The van der Waals surface area contributed by atoms with Gasteiger partial charge in [-0.05, 0) is 31.0 Å². The highest BCUT2D eigenvalue weighted by Gasteiger charge is 2.16. The van der Waals surface area contributed by atoms with Crippen molar-refractivity contribution in [1.29, 1.82) is 0 Å². The standard InChI is InChI=1S/C20H25N3O2/c1-4-5-13-23(3)20(25)17-11-12-21-18(14-17)19(24)22-15(2)16-9-7-6-8-10-16/h6-12,14-15H,4-5,13H2,1-3H3,(H,22,24). The van der Waals surface area contributed by atoms with Crippen molar-refractivity contribution >= 4 is 11.8 Å². The Kier molecular flexibility index (Phi) is 6.69. The highest BCUT2D eigenvalue weighted by molar-refractivity contribution is 5.98. The molecule has 5 heteroatoms. The molecule has 2 aromatic rings. The smallest absolute Gasteiger partial charge is 0.270 e. The number of carbonyl (C=O) groups is 2. The molecule has 0 saturated heterocycles. The number of benzene rings is 1. The molecule has 1 aromatic carbocycles. The van der Waals surface area contributed by atoms with Crippen molar-refractivity contribution in [2.24, 2.45) is 0 Å².